The fraction of sp³-hybridized carbons (Fsp3) is 0.263. The molecule has 0 radical (unpaired) electrons. The Bertz CT molecular complexity index is 928. The third kappa shape index (κ3) is 6.18. The molecule has 0 aliphatic rings. The van der Waals surface area contributed by atoms with Gasteiger partial charge in [-0.2, -0.15) is 0 Å². The van der Waals surface area contributed by atoms with Crippen LogP contribution in [0.3, 0.4) is 0 Å². The number of rotatable bonds is 7. The zero-order valence-electron chi connectivity index (χ0n) is 14.9. The number of esters is 1. The molecule has 1 atom stereocenters. The van der Waals surface area contributed by atoms with Crippen LogP contribution in [0.25, 0.3) is 11.1 Å². The fourth-order valence-electron chi connectivity index (χ4n) is 2.53. The number of nitrogens with one attached hydrogen (secondary N) is 1. The number of sulfone groups is 1. The molecular formula is C19H20BrNO5S. The Balaban J connectivity index is 2.31. The lowest BCUT2D eigenvalue weighted by molar-refractivity contribution is -0.142. The van der Waals surface area contributed by atoms with E-state index < -0.39 is 27.8 Å². The molecule has 27 heavy (non-hydrogen) atoms. The summed E-state index contributed by atoms with van der Waals surface area (Å²) in [4.78, 5) is 24.8. The summed E-state index contributed by atoms with van der Waals surface area (Å²) in [5, 5.41) is 2.59. The molecule has 1 N–H and O–H groups in total. The molecule has 0 fully saturated rings. The predicted molar refractivity (Wildman–Crippen MR) is 107 cm³/mol. The molecule has 8 heteroatoms. The van der Waals surface area contributed by atoms with Crippen LogP contribution in [-0.2, 0) is 19.4 Å². The third-order valence-corrected chi connectivity index (χ3v) is 5.35. The predicted octanol–water partition coefficient (Wildman–Crippen LogP) is 2.82. The molecule has 0 aliphatic heterocycles. The van der Waals surface area contributed by atoms with Gasteiger partial charge in [-0.15, -0.1) is 0 Å². The van der Waals surface area contributed by atoms with E-state index in [1.807, 2.05) is 36.4 Å². The van der Waals surface area contributed by atoms with Crippen LogP contribution in [0.1, 0.15) is 16.8 Å². The van der Waals surface area contributed by atoms with E-state index in [0.29, 0.717) is 11.1 Å². The lowest BCUT2D eigenvalue weighted by atomic mass is 9.99. The third-order valence-electron chi connectivity index (χ3n) is 3.88. The molecule has 0 spiro atoms. The van der Waals surface area contributed by atoms with E-state index in [0.717, 1.165) is 16.3 Å². The number of methoxy groups -OCH3 is 1. The number of hydrogen-bond acceptors (Lipinski definition) is 5. The van der Waals surface area contributed by atoms with Gasteiger partial charge in [0, 0.05) is 16.3 Å². The monoisotopic (exact) mass is 453 g/mol. The van der Waals surface area contributed by atoms with Crippen LogP contribution in [0, 0.1) is 0 Å². The van der Waals surface area contributed by atoms with Gasteiger partial charge < -0.3 is 10.1 Å². The Morgan fingerprint density at radius 1 is 1.15 bits per heavy atom. The maximum atomic E-state index is 12.8. The van der Waals surface area contributed by atoms with Crippen molar-refractivity contribution in [2.75, 3.05) is 19.1 Å². The highest BCUT2D eigenvalue weighted by Gasteiger charge is 2.25. The Labute approximate surface area is 167 Å². The minimum Gasteiger partial charge on any atom is -0.467 e. The quantitative estimate of drug-likeness (QED) is 0.650. The largest absolute Gasteiger partial charge is 0.467 e. The molecule has 1 unspecified atom stereocenters. The van der Waals surface area contributed by atoms with Gasteiger partial charge in [-0.25, -0.2) is 13.2 Å². The number of carbonyl (C=O) groups excluding carboxylic acids is 2. The summed E-state index contributed by atoms with van der Waals surface area (Å²) >= 11 is 3.40. The molecule has 0 aromatic heterocycles. The lowest BCUT2D eigenvalue weighted by Gasteiger charge is -2.17. The molecule has 0 heterocycles. The maximum absolute atomic E-state index is 12.8. The van der Waals surface area contributed by atoms with Gasteiger partial charge in [-0.05, 0) is 35.7 Å². The van der Waals surface area contributed by atoms with Gasteiger partial charge in [-0.1, -0.05) is 46.3 Å². The van der Waals surface area contributed by atoms with Crippen molar-refractivity contribution >= 4 is 37.6 Å². The molecule has 0 saturated carbocycles. The molecule has 2 aromatic rings. The van der Waals surface area contributed by atoms with Crippen molar-refractivity contribution in [2.24, 2.45) is 0 Å². The second-order valence-electron chi connectivity index (χ2n) is 6.02. The van der Waals surface area contributed by atoms with Crippen molar-refractivity contribution < 1.29 is 22.7 Å². The van der Waals surface area contributed by atoms with Crippen LogP contribution < -0.4 is 5.32 Å². The van der Waals surface area contributed by atoms with Crippen molar-refractivity contribution in [3.63, 3.8) is 0 Å². The standard InChI is InChI=1S/C19H20BrNO5S/c1-26-19(23)17(10-11-27(2,24)25)21-18(22)15-9-8-14(20)12-16(15)13-6-4-3-5-7-13/h3-9,12,17H,10-11H2,1-2H3,(H,21,22). The Morgan fingerprint density at radius 2 is 1.81 bits per heavy atom. The Hall–Kier alpha value is -2.19. The summed E-state index contributed by atoms with van der Waals surface area (Å²) in [5.74, 6) is -1.41. The molecule has 0 aliphatic carbocycles. The number of benzene rings is 2. The van der Waals surface area contributed by atoms with Crippen LogP contribution in [-0.4, -0.2) is 45.5 Å². The summed E-state index contributed by atoms with van der Waals surface area (Å²) in [7, 11) is -2.09. The van der Waals surface area contributed by atoms with Crippen molar-refractivity contribution in [2.45, 2.75) is 12.5 Å². The minimum absolute atomic E-state index is 0.0611. The number of amides is 1. The van der Waals surface area contributed by atoms with Crippen LogP contribution in [0.15, 0.2) is 53.0 Å². The number of halogens is 1. The number of carbonyl (C=O) groups is 2. The first kappa shape index (κ1) is 21.1. The maximum Gasteiger partial charge on any atom is 0.328 e. The van der Waals surface area contributed by atoms with Gasteiger partial charge >= 0.3 is 5.97 Å². The van der Waals surface area contributed by atoms with Gasteiger partial charge in [-0.3, -0.25) is 4.79 Å². The van der Waals surface area contributed by atoms with Crippen molar-refractivity contribution in [3.8, 4) is 11.1 Å². The topological polar surface area (TPSA) is 89.5 Å². The molecule has 144 valence electrons. The highest BCUT2D eigenvalue weighted by molar-refractivity contribution is 9.10. The first-order valence-electron chi connectivity index (χ1n) is 8.12. The molecule has 1 amide bonds. The van der Waals surface area contributed by atoms with E-state index in [2.05, 4.69) is 21.2 Å². The zero-order chi connectivity index (χ0) is 20.0. The minimum atomic E-state index is -3.28. The van der Waals surface area contributed by atoms with Gasteiger partial charge in [0.25, 0.3) is 5.91 Å². The lowest BCUT2D eigenvalue weighted by Crippen LogP contribution is -2.42. The second kappa shape index (κ2) is 9.14. The van der Waals surface area contributed by atoms with Crippen LogP contribution >= 0.6 is 15.9 Å². The highest BCUT2D eigenvalue weighted by Crippen LogP contribution is 2.27. The van der Waals surface area contributed by atoms with Crippen molar-refractivity contribution in [1.29, 1.82) is 0 Å². The summed E-state index contributed by atoms with van der Waals surface area (Å²) in [6.07, 6.45) is 1.01. The average molecular weight is 454 g/mol. The first-order valence-corrected chi connectivity index (χ1v) is 11.0. The zero-order valence-corrected chi connectivity index (χ0v) is 17.3. The smallest absolute Gasteiger partial charge is 0.328 e. The van der Waals surface area contributed by atoms with Gasteiger partial charge in [0.1, 0.15) is 15.9 Å². The van der Waals surface area contributed by atoms with E-state index in [1.165, 1.54) is 7.11 Å². The molecule has 0 bridgehead atoms. The summed E-state index contributed by atoms with van der Waals surface area (Å²) in [6, 6.07) is 13.5. The van der Waals surface area contributed by atoms with E-state index in [-0.39, 0.29) is 12.2 Å². The highest BCUT2D eigenvalue weighted by atomic mass is 79.9. The van der Waals surface area contributed by atoms with E-state index >= 15 is 0 Å². The van der Waals surface area contributed by atoms with Crippen LogP contribution in [0.5, 0.6) is 0 Å². The van der Waals surface area contributed by atoms with Crippen molar-refractivity contribution in [3.05, 3.63) is 58.6 Å². The van der Waals surface area contributed by atoms with E-state index in [1.54, 1.807) is 12.1 Å². The summed E-state index contributed by atoms with van der Waals surface area (Å²) < 4.78 is 28.3. The van der Waals surface area contributed by atoms with Gasteiger partial charge in [0.15, 0.2) is 0 Å². The summed E-state index contributed by atoms with van der Waals surface area (Å²) in [6.45, 7) is 0. The molecular weight excluding hydrogens is 434 g/mol. The Morgan fingerprint density at radius 3 is 2.41 bits per heavy atom. The van der Waals surface area contributed by atoms with Gasteiger partial charge in [0.05, 0.1) is 12.9 Å². The van der Waals surface area contributed by atoms with Gasteiger partial charge in [0.2, 0.25) is 0 Å². The molecule has 6 nitrogen and oxygen atoms in total. The Kier molecular flexibility index (Phi) is 7.15. The van der Waals surface area contributed by atoms with Crippen molar-refractivity contribution in [1.82, 2.24) is 5.32 Å². The van der Waals surface area contributed by atoms with Crippen LogP contribution in [0.2, 0.25) is 0 Å². The summed E-state index contributed by atoms with van der Waals surface area (Å²) in [5.41, 5.74) is 1.90. The molecule has 2 rings (SSSR count). The normalized spacial score (nSPS) is 12.3. The number of hydrogen-bond donors (Lipinski definition) is 1. The molecule has 0 saturated heterocycles. The van der Waals surface area contributed by atoms with E-state index in [4.69, 9.17) is 4.74 Å². The number of ether oxygens (including phenoxy) is 1. The second-order valence-corrected chi connectivity index (χ2v) is 9.20. The first-order chi connectivity index (χ1) is 12.7. The fourth-order valence-corrected chi connectivity index (χ4v) is 3.56. The van der Waals surface area contributed by atoms with E-state index in [9.17, 15) is 18.0 Å². The SMILES string of the molecule is COC(=O)C(CCS(C)(=O)=O)NC(=O)c1ccc(Br)cc1-c1ccccc1. The molecule has 2 aromatic carbocycles. The average Bonchev–Trinajstić information content (AvgIpc) is 2.64. The van der Waals surface area contributed by atoms with Crippen LogP contribution in [0.4, 0.5) is 0 Å².